The predicted molar refractivity (Wildman–Crippen MR) is 140 cm³/mol. The van der Waals surface area contributed by atoms with Gasteiger partial charge in [0.2, 0.25) is 0 Å². The van der Waals surface area contributed by atoms with Gasteiger partial charge < -0.3 is 10.1 Å². The SMILES string of the molecule is COCC#Cc1cccc2nc(C(C)NC(=O)c3c(C)nn4cccnc34)n(-c3ccccc3)c(=O)c12. The summed E-state index contributed by atoms with van der Waals surface area (Å²) in [6, 6.07) is 15.7. The molecule has 0 bridgehead atoms. The van der Waals surface area contributed by atoms with Gasteiger partial charge in [0.05, 0.1) is 28.3 Å². The fourth-order valence-corrected chi connectivity index (χ4v) is 4.27. The fraction of sp³-hybridized carbons (Fsp3) is 0.179. The van der Waals surface area contributed by atoms with E-state index in [-0.39, 0.29) is 18.1 Å². The third-order valence-corrected chi connectivity index (χ3v) is 5.91. The molecule has 0 saturated heterocycles. The van der Waals surface area contributed by atoms with Crippen LogP contribution >= 0.6 is 0 Å². The lowest BCUT2D eigenvalue weighted by Gasteiger charge is -2.20. The highest BCUT2D eigenvalue weighted by Gasteiger charge is 2.24. The van der Waals surface area contributed by atoms with Crippen LogP contribution in [0.25, 0.3) is 22.2 Å². The van der Waals surface area contributed by atoms with E-state index in [1.165, 1.54) is 4.57 Å². The van der Waals surface area contributed by atoms with Gasteiger partial charge in [-0.05, 0) is 44.2 Å². The maximum Gasteiger partial charge on any atom is 0.267 e. The van der Waals surface area contributed by atoms with E-state index in [1.807, 2.05) is 30.3 Å². The van der Waals surface area contributed by atoms with Crippen molar-refractivity contribution in [3.63, 3.8) is 0 Å². The Morgan fingerprint density at radius 2 is 1.95 bits per heavy atom. The fourth-order valence-electron chi connectivity index (χ4n) is 4.27. The van der Waals surface area contributed by atoms with Crippen LogP contribution in [-0.2, 0) is 4.74 Å². The molecule has 1 N–H and O–H groups in total. The lowest BCUT2D eigenvalue weighted by molar-refractivity contribution is 0.0938. The second-order valence-electron chi connectivity index (χ2n) is 8.42. The first-order chi connectivity index (χ1) is 18.0. The molecule has 0 aliphatic rings. The summed E-state index contributed by atoms with van der Waals surface area (Å²) in [5, 5.41) is 7.77. The van der Waals surface area contributed by atoms with E-state index >= 15 is 0 Å². The summed E-state index contributed by atoms with van der Waals surface area (Å²) < 4.78 is 8.12. The number of benzene rings is 2. The molecule has 5 aromatic rings. The van der Waals surface area contributed by atoms with Crippen LogP contribution in [0.1, 0.15) is 40.4 Å². The van der Waals surface area contributed by atoms with Gasteiger partial charge in [-0.3, -0.25) is 14.2 Å². The summed E-state index contributed by atoms with van der Waals surface area (Å²) >= 11 is 0. The molecular formula is C28H24N6O3. The van der Waals surface area contributed by atoms with Gasteiger partial charge in [-0.2, -0.15) is 5.10 Å². The van der Waals surface area contributed by atoms with E-state index in [0.717, 1.165) is 0 Å². The number of nitrogens with one attached hydrogen (secondary N) is 1. The minimum Gasteiger partial charge on any atom is -0.372 e. The average Bonchev–Trinajstić information content (AvgIpc) is 3.24. The molecule has 5 rings (SSSR count). The van der Waals surface area contributed by atoms with Crippen molar-refractivity contribution in [3.8, 4) is 17.5 Å². The molecule has 0 aliphatic heterocycles. The smallest absolute Gasteiger partial charge is 0.267 e. The maximum atomic E-state index is 13.9. The first-order valence-corrected chi connectivity index (χ1v) is 11.7. The molecule has 0 fully saturated rings. The third kappa shape index (κ3) is 4.46. The second-order valence-corrected chi connectivity index (χ2v) is 8.42. The summed E-state index contributed by atoms with van der Waals surface area (Å²) in [5.74, 6) is 5.96. The molecule has 0 spiro atoms. The summed E-state index contributed by atoms with van der Waals surface area (Å²) in [6.07, 6.45) is 3.35. The highest BCUT2D eigenvalue weighted by Crippen LogP contribution is 2.21. The molecule has 1 unspecified atom stereocenters. The topological polar surface area (TPSA) is 103 Å². The van der Waals surface area contributed by atoms with Crippen molar-refractivity contribution in [1.82, 2.24) is 29.5 Å². The van der Waals surface area contributed by atoms with Gasteiger partial charge in [-0.15, -0.1) is 0 Å². The number of carbonyl (C=O) groups is 1. The second kappa shape index (κ2) is 10.0. The van der Waals surface area contributed by atoms with Crippen LogP contribution in [-0.4, -0.2) is 43.8 Å². The van der Waals surface area contributed by atoms with Crippen LogP contribution in [0, 0.1) is 18.8 Å². The standard InChI is InChI=1S/C28H24N6O3/c1-18-23(26-29-15-9-16-33(26)32-18)27(35)30-19(2)25-31-22-14-7-10-20(11-8-17-37-3)24(22)28(36)34(25)21-12-5-4-6-13-21/h4-7,9-10,12-16,19H,17H2,1-3H3,(H,30,35). The normalized spacial score (nSPS) is 11.8. The van der Waals surface area contributed by atoms with E-state index < -0.39 is 6.04 Å². The maximum absolute atomic E-state index is 13.9. The number of carbonyl (C=O) groups excluding carboxylic acids is 1. The number of hydrogen-bond donors (Lipinski definition) is 1. The van der Waals surface area contributed by atoms with E-state index in [9.17, 15) is 9.59 Å². The van der Waals surface area contributed by atoms with Crippen molar-refractivity contribution in [2.24, 2.45) is 0 Å². The Balaban J connectivity index is 1.64. The van der Waals surface area contributed by atoms with Crippen LogP contribution < -0.4 is 10.9 Å². The molecule has 3 heterocycles. The molecule has 2 aromatic carbocycles. The van der Waals surface area contributed by atoms with Crippen molar-refractivity contribution < 1.29 is 9.53 Å². The molecule has 9 nitrogen and oxygen atoms in total. The Labute approximate surface area is 212 Å². The van der Waals surface area contributed by atoms with E-state index in [4.69, 9.17) is 9.72 Å². The number of amides is 1. The van der Waals surface area contributed by atoms with Gasteiger partial charge in [-0.25, -0.2) is 14.5 Å². The molecular weight excluding hydrogens is 468 g/mol. The zero-order chi connectivity index (χ0) is 25.9. The van der Waals surface area contributed by atoms with Crippen molar-refractivity contribution in [2.45, 2.75) is 19.9 Å². The number of nitrogens with zero attached hydrogens (tertiary/aromatic N) is 5. The largest absolute Gasteiger partial charge is 0.372 e. The molecule has 3 aromatic heterocycles. The van der Waals surface area contributed by atoms with Crippen LogP contribution in [0.15, 0.2) is 71.8 Å². The first-order valence-electron chi connectivity index (χ1n) is 11.7. The van der Waals surface area contributed by atoms with Crippen LogP contribution in [0.2, 0.25) is 0 Å². The zero-order valence-electron chi connectivity index (χ0n) is 20.6. The Bertz CT molecular complexity index is 1740. The number of para-hydroxylation sites is 1. The summed E-state index contributed by atoms with van der Waals surface area (Å²) in [4.78, 5) is 36.5. The van der Waals surface area contributed by atoms with Gasteiger partial charge in [0.25, 0.3) is 11.5 Å². The Hall–Kier alpha value is -4.81. The number of methoxy groups -OCH3 is 1. The quantitative estimate of drug-likeness (QED) is 0.378. The molecule has 0 aliphatic carbocycles. The first kappa shape index (κ1) is 23.9. The number of ether oxygens (including phenoxy) is 1. The number of fused-ring (bicyclic) bond motifs is 2. The van der Waals surface area contributed by atoms with E-state index in [2.05, 4.69) is 27.2 Å². The van der Waals surface area contributed by atoms with Gasteiger partial charge in [0.1, 0.15) is 18.0 Å². The Morgan fingerprint density at radius 3 is 2.73 bits per heavy atom. The van der Waals surface area contributed by atoms with Crippen molar-refractivity contribution in [1.29, 1.82) is 0 Å². The van der Waals surface area contributed by atoms with Gasteiger partial charge in [-0.1, -0.05) is 36.1 Å². The highest BCUT2D eigenvalue weighted by atomic mass is 16.5. The van der Waals surface area contributed by atoms with Crippen LogP contribution in [0.3, 0.4) is 0 Å². The lowest BCUT2D eigenvalue weighted by Crippen LogP contribution is -2.33. The van der Waals surface area contributed by atoms with Crippen molar-refractivity contribution in [3.05, 3.63) is 100.0 Å². The Morgan fingerprint density at radius 1 is 1.14 bits per heavy atom. The van der Waals surface area contributed by atoms with E-state index in [1.54, 1.807) is 62.1 Å². The average molecular weight is 493 g/mol. The van der Waals surface area contributed by atoms with Gasteiger partial charge in [0.15, 0.2) is 5.65 Å². The highest BCUT2D eigenvalue weighted by molar-refractivity contribution is 6.01. The van der Waals surface area contributed by atoms with E-state index in [0.29, 0.717) is 44.9 Å². The van der Waals surface area contributed by atoms with Crippen LogP contribution in [0.5, 0.6) is 0 Å². The molecule has 9 heteroatoms. The number of aryl methyl sites for hydroxylation is 1. The minimum atomic E-state index is -0.619. The molecule has 1 amide bonds. The third-order valence-electron chi connectivity index (χ3n) is 5.91. The molecule has 0 radical (unpaired) electrons. The molecule has 1 atom stereocenters. The van der Waals surface area contributed by atoms with Crippen molar-refractivity contribution >= 4 is 22.5 Å². The number of aromatic nitrogens is 5. The summed E-state index contributed by atoms with van der Waals surface area (Å²) in [7, 11) is 1.56. The molecule has 0 saturated carbocycles. The van der Waals surface area contributed by atoms with Crippen LogP contribution in [0.4, 0.5) is 0 Å². The van der Waals surface area contributed by atoms with Gasteiger partial charge >= 0.3 is 0 Å². The van der Waals surface area contributed by atoms with Crippen molar-refractivity contribution in [2.75, 3.05) is 13.7 Å². The monoisotopic (exact) mass is 492 g/mol. The number of hydrogen-bond acceptors (Lipinski definition) is 6. The molecule has 184 valence electrons. The zero-order valence-corrected chi connectivity index (χ0v) is 20.6. The van der Waals surface area contributed by atoms with Gasteiger partial charge in [0, 0.05) is 25.1 Å². The lowest BCUT2D eigenvalue weighted by atomic mass is 10.1. The Kier molecular flexibility index (Phi) is 6.49. The summed E-state index contributed by atoms with van der Waals surface area (Å²) in [5.41, 5.74) is 2.79. The predicted octanol–water partition coefficient (Wildman–Crippen LogP) is 3.23. The number of rotatable bonds is 5. The molecule has 37 heavy (non-hydrogen) atoms. The minimum absolute atomic E-state index is 0.246. The summed E-state index contributed by atoms with van der Waals surface area (Å²) in [6.45, 7) is 3.80.